The highest BCUT2D eigenvalue weighted by Gasteiger charge is 2.35. The van der Waals surface area contributed by atoms with E-state index in [9.17, 15) is 4.79 Å². The number of nitrogens with zero attached hydrogens (tertiary/aromatic N) is 1. The zero-order valence-corrected chi connectivity index (χ0v) is 12.4. The Bertz CT molecular complexity index is 532. The molecule has 0 saturated heterocycles. The normalized spacial score (nSPS) is 26.7. The van der Waals surface area contributed by atoms with Crippen LogP contribution < -0.4 is 0 Å². The van der Waals surface area contributed by atoms with Crippen molar-refractivity contribution in [3.8, 4) is 0 Å². The lowest BCUT2D eigenvalue weighted by Gasteiger charge is -2.41. The van der Waals surface area contributed by atoms with E-state index < -0.39 is 0 Å². The van der Waals surface area contributed by atoms with Gasteiger partial charge in [-0.3, -0.25) is 4.79 Å². The summed E-state index contributed by atoms with van der Waals surface area (Å²) in [4.78, 5) is 14.6. The fourth-order valence-corrected chi connectivity index (χ4v) is 3.69. The molecule has 20 heavy (non-hydrogen) atoms. The standard InChI is InChI=1S/C18H23NO/c1-13-7-6-10-16-14(2)11-17(20)19(18(13)16)12-15-8-4-3-5-9-15/h3-5,8-9,13-14H,6-7,10-12H2,1-2H3/t13-,14-/m0/s1. The molecule has 1 aromatic carbocycles. The van der Waals surface area contributed by atoms with E-state index in [-0.39, 0.29) is 0 Å². The van der Waals surface area contributed by atoms with Crippen LogP contribution in [0.5, 0.6) is 0 Å². The van der Waals surface area contributed by atoms with Crippen molar-refractivity contribution in [2.75, 3.05) is 0 Å². The number of allylic oxidation sites excluding steroid dienone is 2. The second-order valence-corrected chi connectivity index (χ2v) is 6.27. The molecule has 0 fully saturated rings. The highest BCUT2D eigenvalue weighted by atomic mass is 16.2. The van der Waals surface area contributed by atoms with Gasteiger partial charge in [0.2, 0.25) is 5.91 Å². The van der Waals surface area contributed by atoms with Crippen molar-refractivity contribution in [3.05, 3.63) is 47.2 Å². The maximum atomic E-state index is 12.5. The third-order valence-electron chi connectivity index (χ3n) is 4.73. The Kier molecular flexibility index (Phi) is 3.64. The van der Waals surface area contributed by atoms with Crippen LogP contribution in [0.4, 0.5) is 0 Å². The smallest absolute Gasteiger partial charge is 0.227 e. The van der Waals surface area contributed by atoms with Gasteiger partial charge in [0.1, 0.15) is 0 Å². The van der Waals surface area contributed by atoms with E-state index in [4.69, 9.17) is 0 Å². The molecular formula is C18H23NO. The number of hydrogen-bond donors (Lipinski definition) is 0. The summed E-state index contributed by atoms with van der Waals surface area (Å²) in [5, 5.41) is 0. The van der Waals surface area contributed by atoms with Crippen LogP contribution in [0.1, 0.15) is 45.1 Å². The van der Waals surface area contributed by atoms with Crippen LogP contribution in [-0.2, 0) is 11.3 Å². The molecule has 1 amide bonds. The Morgan fingerprint density at radius 2 is 1.90 bits per heavy atom. The molecule has 0 N–H and O–H groups in total. The number of amides is 1. The molecule has 1 aromatic rings. The lowest BCUT2D eigenvalue weighted by Crippen LogP contribution is -2.40. The van der Waals surface area contributed by atoms with Gasteiger partial charge >= 0.3 is 0 Å². The minimum atomic E-state index is 0.300. The summed E-state index contributed by atoms with van der Waals surface area (Å²) in [6, 6.07) is 10.3. The summed E-state index contributed by atoms with van der Waals surface area (Å²) in [5.74, 6) is 1.26. The number of rotatable bonds is 2. The quantitative estimate of drug-likeness (QED) is 0.790. The molecule has 0 radical (unpaired) electrons. The lowest BCUT2D eigenvalue weighted by molar-refractivity contribution is -0.132. The molecule has 2 aliphatic rings. The van der Waals surface area contributed by atoms with Gasteiger partial charge < -0.3 is 4.90 Å². The third-order valence-corrected chi connectivity index (χ3v) is 4.73. The highest BCUT2D eigenvalue weighted by Crippen LogP contribution is 2.41. The van der Waals surface area contributed by atoms with E-state index in [0.29, 0.717) is 24.2 Å². The van der Waals surface area contributed by atoms with Gasteiger partial charge in [-0.15, -0.1) is 0 Å². The van der Waals surface area contributed by atoms with Crippen molar-refractivity contribution < 1.29 is 4.79 Å². The number of benzene rings is 1. The van der Waals surface area contributed by atoms with Gasteiger partial charge in [0.25, 0.3) is 0 Å². The first-order valence-corrected chi connectivity index (χ1v) is 7.74. The van der Waals surface area contributed by atoms with Crippen LogP contribution in [0.15, 0.2) is 41.6 Å². The molecule has 1 aliphatic heterocycles. The first-order chi connectivity index (χ1) is 9.66. The van der Waals surface area contributed by atoms with Gasteiger partial charge in [0.05, 0.1) is 6.54 Å². The monoisotopic (exact) mass is 269 g/mol. The molecule has 0 unspecified atom stereocenters. The van der Waals surface area contributed by atoms with Crippen molar-refractivity contribution in [2.24, 2.45) is 11.8 Å². The summed E-state index contributed by atoms with van der Waals surface area (Å²) in [6.07, 6.45) is 4.35. The average molecular weight is 269 g/mol. The van der Waals surface area contributed by atoms with Gasteiger partial charge in [-0.2, -0.15) is 0 Å². The largest absolute Gasteiger partial charge is 0.312 e. The van der Waals surface area contributed by atoms with Crippen molar-refractivity contribution >= 4 is 5.91 Å². The SMILES string of the molecule is C[C@H]1CC(=O)N(Cc2ccccc2)C2=C1CCC[C@@H]2C. The van der Waals surface area contributed by atoms with E-state index in [2.05, 4.69) is 30.9 Å². The maximum Gasteiger partial charge on any atom is 0.227 e. The van der Waals surface area contributed by atoms with Crippen LogP contribution in [-0.4, -0.2) is 10.8 Å². The minimum absolute atomic E-state index is 0.300. The Hall–Kier alpha value is -1.57. The average Bonchev–Trinajstić information content (AvgIpc) is 2.45. The molecule has 1 aliphatic carbocycles. The Morgan fingerprint density at radius 3 is 2.65 bits per heavy atom. The predicted octanol–water partition coefficient (Wildman–Crippen LogP) is 4.13. The number of hydrogen-bond acceptors (Lipinski definition) is 1. The van der Waals surface area contributed by atoms with E-state index in [1.165, 1.54) is 30.5 Å². The van der Waals surface area contributed by atoms with E-state index in [0.717, 1.165) is 6.54 Å². The second kappa shape index (κ2) is 5.43. The molecule has 2 nitrogen and oxygen atoms in total. The fourth-order valence-electron chi connectivity index (χ4n) is 3.69. The Balaban J connectivity index is 1.95. The third kappa shape index (κ3) is 2.39. The van der Waals surface area contributed by atoms with Crippen LogP contribution in [0.25, 0.3) is 0 Å². The molecule has 106 valence electrons. The topological polar surface area (TPSA) is 20.3 Å². The molecule has 0 spiro atoms. The van der Waals surface area contributed by atoms with Crippen molar-refractivity contribution in [3.63, 3.8) is 0 Å². The van der Waals surface area contributed by atoms with E-state index in [1.807, 2.05) is 18.2 Å². The summed E-state index contributed by atoms with van der Waals surface area (Å²) >= 11 is 0. The van der Waals surface area contributed by atoms with Gasteiger partial charge in [-0.1, -0.05) is 44.2 Å². The van der Waals surface area contributed by atoms with Gasteiger partial charge in [-0.25, -0.2) is 0 Å². The van der Waals surface area contributed by atoms with Gasteiger partial charge in [-0.05, 0) is 42.2 Å². The first kappa shape index (κ1) is 13.4. The summed E-state index contributed by atoms with van der Waals surface area (Å²) in [7, 11) is 0. The number of carbonyl (C=O) groups is 1. The Morgan fingerprint density at radius 1 is 1.15 bits per heavy atom. The second-order valence-electron chi connectivity index (χ2n) is 6.27. The highest BCUT2D eigenvalue weighted by molar-refractivity contribution is 5.80. The Labute approximate surface area is 121 Å². The van der Waals surface area contributed by atoms with Crippen molar-refractivity contribution in [1.29, 1.82) is 0 Å². The molecule has 0 bridgehead atoms. The van der Waals surface area contributed by atoms with Crippen LogP contribution in [0, 0.1) is 11.8 Å². The van der Waals surface area contributed by atoms with Crippen molar-refractivity contribution in [1.82, 2.24) is 4.90 Å². The summed E-state index contributed by atoms with van der Waals surface area (Å²) in [6.45, 7) is 5.22. The molecule has 1 heterocycles. The van der Waals surface area contributed by atoms with E-state index >= 15 is 0 Å². The molecule has 0 saturated carbocycles. The van der Waals surface area contributed by atoms with Gasteiger partial charge in [0, 0.05) is 12.1 Å². The number of carbonyl (C=O) groups excluding carboxylic acids is 1. The van der Waals surface area contributed by atoms with Crippen LogP contribution >= 0.6 is 0 Å². The van der Waals surface area contributed by atoms with Gasteiger partial charge in [0.15, 0.2) is 0 Å². The first-order valence-electron chi connectivity index (χ1n) is 7.74. The minimum Gasteiger partial charge on any atom is -0.312 e. The molecule has 2 heteroatoms. The summed E-state index contributed by atoms with van der Waals surface area (Å²) < 4.78 is 0. The lowest BCUT2D eigenvalue weighted by atomic mass is 9.78. The summed E-state index contributed by atoms with van der Waals surface area (Å²) in [5.41, 5.74) is 4.10. The molecular weight excluding hydrogens is 246 g/mol. The maximum absolute atomic E-state index is 12.5. The van der Waals surface area contributed by atoms with Crippen molar-refractivity contribution in [2.45, 2.75) is 46.1 Å². The van der Waals surface area contributed by atoms with Crippen LogP contribution in [0.2, 0.25) is 0 Å². The zero-order chi connectivity index (χ0) is 14.1. The molecule has 3 rings (SSSR count). The van der Waals surface area contributed by atoms with E-state index in [1.54, 1.807) is 5.57 Å². The predicted molar refractivity (Wildman–Crippen MR) is 80.8 cm³/mol. The molecule has 0 aromatic heterocycles. The zero-order valence-electron chi connectivity index (χ0n) is 12.4. The van der Waals surface area contributed by atoms with Crippen LogP contribution in [0.3, 0.4) is 0 Å². The molecule has 2 atom stereocenters. The fraction of sp³-hybridized carbons (Fsp3) is 0.500.